The number of carbonyl (C=O) groups excluding carboxylic acids is 10. The largest absolute Gasteiger partial charge is 0.480 e. The number of carboxylic acid groups (broad SMARTS) is 2. The van der Waals surface area contributed by atoms with Gasteiger partial charge in [0.05, 0.1) is 33.6 Å². The van der Waals surface area contributed by atoms with Gasteiger partial charge < -0.3 is 40.5 Å². The number of carboxylic acids is 2. The van der Waals surface area contributed by atoms with Crippen molar-refractivity contribution in [3.63, 3.8) is 0 Å². The molecule has 0 saturated carbocycles. The van der Waals surface area contributed by atoms with Gasteiger partial charge in [0.2, 0.25) is 23.6 Å². The molecule has 0 aliphatic carbocycles. The molecule has 4 aliphatic rings. The number of hydrogen-bond donors (Lipinski definition) is 7. The van der Waals surface area contributed by atoms with E-state index in [0.717, 1.165) is 20.9 Å². The van der Waals surface area contributed by atoms with Gasteiger partial charge >= 0.3 is 24.1 Å². The standard InChI is InChI=1S/2C29H30N4O8S2/c1-18-10-11-22(26(37)30-18)33-27(38)20-8-5-9-21(25(20)28(33)39)31-29(40)41-13-15-43-42-14-12-23(34)32(17-24(35)36)16-19-6-3-2-4-7-19;1-17-10-11-22(25(35)30-17)33-26(36)19-8-5-9-20(24(19)27(33)37)32-29(40)41-13-15-43-42-14-12-23(34)31-21(28(38)39)16-18-6-3-2-4-7-18/h2-9,22H,1,10-17H2,(H,30,37)(H,31,40)(H,35,36);2-9,21-22H,1,10-16H2,(H,30,35)(H,31,34)(H,32,40)(H,38,39)/t;21-,22?/m.0/s1. The number of aliphatic carboxylic acids is 2. The lowest BCUT2D eigenvalue weighted by atomic mass is 10.0. The van der Waals surface area contributed by atoms with Crippen molar-refractivity contribution in [3.8, 4) is 0 Å². The number of nitrogens with one attached hydrogen (secondary N) is 5. The number of nitrogens with zero attached hydrogens (tertiary/aromatic N) is 3. The normalized spacial score (nSPS) is 16.4. The molecule has 7 N–H and O–H groups in total. The van der Waals surface area contributed by atoms with E-state index in [2.05, 4.69) is 39.7 Å². The van der Waals surface area contributed by atoms with Gasteiger partial charge in [-0.3, -0.25) is 63.6 Å². The Kier molecular flexibility index (Phi) is 23.8. The van der Waals surface area contributed by atoms with Gasteiger partial charge in [0.1, 0.15) is 37.9 Å². The van der Waals surface area contributed by atoms with Gasteiger partial charge in [0.25, 0.3) is 23.6 Å². The molecule has 8 rings (SSSR count). The van der Waals surface area contributed by atoms with Crippen LogP contribution in [0.15, 0.2) is 122 Å². The van der Waals surface area contributed by atoms with Crippen molar-refractivity contribution in [2.24, 2.45) is 0 Å². The van der Waals surface area contributed by atoms with Crippen molar-refractivity contribution in [2.75, 3.05) is 53.4 Å². The van der Waals surface area contributed by atoms with Crippen LogP contribution in [0.2, 0.25) is 0 Å². The Morgan fingerprint density at radius 2 is 1.05 bits per heavy atom. The van der Waals surface area contributed by atoms with Crippen LogP contribution >= 0.6 is 43.2 Å². The molecule has 452 valence electrons. The monoisotopic (exact) mass is 1250 g/mol. The maximum absolute atomic E-state index is 13.2. The highest BCUT2D eigenvalue weighted by Gasteiger charge is 2.47. The molecule has 0 bridgehead atoms. The van der Waals surface area contributed by atoms with Crippen LogP contribution in [0.4, 0.5) is 21.0 Å². The zero-order chi connectivity index (χ0) is 61.9. The average Bonchev–Trinajstić information content (AvgIpc) is 1.87. The summed E-state index contributed by atoms with van der Waals surface area (Å²) in [6.07, 6.45) is 0.225. The summed E-state index contributed by atoms with van der Waals surface area (Å²) in [4.78, 5) is 153. The molecule has 2 fully saturated rings. The van der Waals surface area contributed by atoms with Crippen molar-refractivity contribution in [2.45, 2.75) is 69.6 Å². The second kappa shape index (κ2) is 31.5. The van der Waals surface area contributed by atoms with Crippen LogP contribution in [0.5, 0.6) is 0 Å². The number of piperidine rings is 2. The van der Waals surface area contributed by atoms with Gasteiger partial charge in [0.15, 0.2) is 0 Å². The summed E-state index contributed by atoms with van der Waals surface area (Å²) >= 11 is 0. The first-order valence-corrected chi connectivity index (χ1v) is 31.7. The van der Waals surface area contributed by atoms with E-state index >= 15 is 0 Å². The number of benzene rings is 4. The minimum atomic E-state index is -1.10. The molecule has 2 saturated heterocycles. The minimum absolute atomic E-state index is 0.000420. The molecule has 2 unspecified atom stereocenters. The van der Waals surface area contributed by atoms with Gasteiger partial charge in [-0.25, -0.2) is 14.4 Å². The first kappa shape index (κ1) is 65.0. The first-order chi connectivity index (χ1) is 41.3. The van der Waals surface area contributed by atoms with E-state index in [4.69, 9.17) is 9.47 Å². The fraction of sp³-hybridized carbons (Fsp3) is 0.310. The molecule has 3 atom stereocenters. The van der Waals surface area contributed by atoms with Gasteiger partial charge in [-0.1, -0.05) is 129 Å². The van der Waals surface area contributed by atoms with E-state index in [1.54, 1.807) is 24.3 Å². The quantitative estimate of drug-likeness (QED) is 0.0195. The van der Waals surface area contributed by atoms with Crippen LogP contribution in [-0.4, -0.2) is 157 Å². The molecule has 10 amide bonds. The van der Waals surface area contributed by atoms with Gasteiger partial charge in [-0.2, -0.15) is 0 Å². The number of fused-ring (bicyclic) bond motifs is 2. The van der Waals surface area contributed by atoms with Gasteiger partial charge in [-0.15, -0.1) is 0 Å². The smallest absolute Gasteiger partial charge is 0.411 e. The summed E-state index contributed by atoms with van der Waals surface area (Å²) in [6.45, 7) is 7.32. The zero-order valence-corrected chi connectivity index (χ0v) is 49.3. The lowest BCUT2D eigenvalue weighted by molar-refractivity contribution is -0.144. The number of carbonyl (C=O) groups is 12. The van der Waals surface area contributed by atoms with Crippen LogP contribution in [0, 0.1) is 0 Å². The maximum Gasteiger partial charge on any atom is 0.411 e. The molecule has 4 aliphatic heterocycles. The Hall–Kier alpha value is -8.60. The number of ether oxygens (including phenoxy) is 2. The summed E-state index contributed by atoms with van der Waals surface area (Å²) in [7, 11) is 5.53. The molecule has 24 nitrogen and oxygen atoms in total. The lowest BCUT2D eigenvalue weighted by Crippen LogP contribution is -2.51. The molecule has 4 aromatic carbocycles. The predicted molar refractivity (Wildman–Crippen MR) is 323 cm³/mol. The second-order valence-corrected chi connectivity index (χ2v) is 24.7. The first-order valence-electron chi connectivity index (χ1n) is 26.8. The van der Waals surface area contributed by atoms with Crippen LogP contribution < -0.4 is 26.6 Å². The Balaban J connectivity index is 0.000000246. The molecule has 0 radical (unpaired) electrons. The Morgan fingerprint density at radius 3 is 1.50 bits per heavy atom. The van der Waals surface area contributed by atoms with Crippen LogP contribution in [0.3, 0.4) is 0 Å². The number of allylic oxidation sites excluding steroid dienone is 2. The van der Waals surface area contributed by atoms with E-state index in [1.165, 1.54) is 84.5 Å². The van der Waals surface area contributed by atoms with Crippen LogP contribution in [0.25, 0.3) is 0 Å². The highest BCUT2D eigenvalue weighted by Crippen LogP contribution is 2.35. The predicted octanol–water partition coefficient (Wildman–Crippen LogP) is 6.72. The summed E-state index contributed by atoms with van der Waals surface area (Å²) in [5, 5.41) is 31.3. The van der Waals surface area contributed by atoms with Crippen molar-refractivity contribution < 1.29 is 77.2 Å². The van der Waals surface area contributed by atoms with Gasteiger partial charge in [0, 0.05) is 60.2 Å². The highest BCUT2D eigenvalue weighted by molar-refractivity contribution is 8.77. The van der Waals surface area contributed by atoms with E-state index in [-0.39, 0.29) is 104 Å². The second-order valence-electron chi connectivity index (χ2n) is 19.3. The number of imide groups is 2. The van der Waals surface area contributed by atoms with E-state index in [1.807, 2.05) is 36.4 Å². The SMILES string of the molecule is C=C1CCC(N2C(=O)c3cccc(NC(=O)OCCSSCCC(=O)N(CC(=O)O)Cc4ccccc4)c3C2=O)C(=O)N1.C=C1CCC(N2C(=O)c3cccc(NC(=O)OCCSSCCC(=O)N[C@@H](Cc4ccccc4)C(=O)O)c3C2=O)C(=O)N1. The molecule has 0 spiro atoms. The third kappa shape index (κ3) is 17.7. The minimum Gasteiger partial charge on any atom is -0.480 e. The van der Waals surface area contributed by atoms with E-state index in [0.29, 0.717) is 47.2 Å². The van der Waals surface area contributed by atoms with Crippen molar-refractivity contribution in [1.82, 2.24) is 30.7 Å². The average molecular weight is 1250 g/mol. The topological polar surface area (TPSA) is 334 Å². The summed E-state index contributed by atoms with van der Waals surface area (Å²) in [5.41, 5.74) is 3.07. The van der Waals surface area contributed by atoms with Crippen molar-refractivity contribution in [1.29, 1.82) is 0 Å². The van der Waals surface area contributed by atoms with Crippen LogP contribution in [-0.2, 0) is 51.2 Å². The summed E-state index contributed by atoms with van der Waals surface area (Å²) in [5.74, 6) is -4.67. The van der Waals surface area contributed by atoms with Crippen molar-refractivity contribution >= 4 is 126 Å². The molecular weight excluding hydrogens is 1190 g/mol. The van der Waals surface area contributed by atoms with Crippen LogP contribution in [0.1, 0.15) is 91.1 Å². The number of amides is 10. The number of hydrogen-bond acceptors (Lipinski definition) is 18. The summed E-state index contributed by atoms with van der Waals surface area (Å²) < 4.78 is 10.4. The van der Waals surface area contributed by atoms with E-state index in [9.17, 15) is 67.7 Å². The molecule has 28 heteroatoms. The van der Waals surface area contributed by atoms with Gasteiger partial charge in [-0.05, 0) is 61.1 Å². The van der Waals surface area contributed by atoms with E-state index < -0.39 is 77.7 Å². The summed E-state index contributed by atoms with van der Waals surface area (Å²) in [6, 6.07) is 24.2. The highest BCUT2D eigenvalue weighted by atomic mass is 33.1. The Morgan fingerprint density at radius 1 is 0.593 bits per heavy atom. The third-order valence-electron chi connectivity index (χ3n) is 13.2. The zero-order valence-electron chi connectivity index (χ0n) is 46.1. The number of anilines is 2. The Labute approximate surface area is 509 Å². The number of rotatable bonds is 26. The fourth-order valence-electron chi connectivity index (χ4n) is 9.20. The lowest BCUT2D eigenvalue weighted by Gasteiger charge is -2.29. The van der Waals surface area contributed by atoms with Crippen molar-refractivity contribution in [3.05, 3.63) is 155 Å². The Bertz CT molecular complexity index is 3300. The molecule has 4 heterocycles. The molecule has 4 aromatic rings. The molecule has 0 aromatic heterocycles. The molecule has 86 heavy (non-hydrogen) atoms. The maximum atomic E-state index is 13.2. The third-order valence-corrected chi connectivity index (χ3v) is 18.0. The molecular formula is C58H60N8O16S4. The fourth-order valence-corrected chi connectivity index (χ4v) is 12.8.